The molecule has 1 aliphatic rings. The van der Waals surface area contributed by atoms with Crippen molar-refractivity contribution in [2.45, 2.75) is 70.2 Å². The van der Waals surface area contributed by atoms with Crippen molar-refractivity contribution in [1.29, 1.82) is 0 Å². The summed E-state index contributed by atoms with van der Waals surface area (Å²) in [6.07, 6.45) is 7.08. The van der Waals surface area contributed by atoms with Gasteiger partial charge < -0.3 is 4.43 Å². The molecule has 20 heavy (non-hydrogen) atoms. The van der Waals surface area contributed by atoms with Gasteiger partial charge in [0.1, 0.15) is 5.60 Å². The second kappa shape index (κ2) is 5.98. The fourth-order valence-corrected chi connectivity index (χ4v) is 4.09. The first-order valence-corrected chi connectivity index (χ1v) is 10.5. The molecule has 0 spiro atoms. The van der Waals surface area contributed by atoms with Crippen LogP contribution in [0.4, 0.5) is 0 Å². The van der Waals surface area contributed by atoms with Gasteiger partial charge in [0, 0.05) is 5.92 Å². The van der Waals surface area contributed by atoms with Crippen LogP contribution in [0.25, 0.3) is 0 Å². The molecule has 0 radical (unpaired) electrons. The van der Waals surface area contributed by atoms with Crippen molar-refractivity contribution in [3.05, 3.63) is 25.3 Å². The highest BCUT2D eigenvalue weighted by molar-refractivity contribution is 6.74. The third-order valence-electron chi connectivity index (χ3n) is 4.91. The summed E-state index contributed by atoms with van der Waals surface area (Å²) < 4.78 is 6.51. The summed E-state index contributed by atoms with van der Waals surface area (Å²) in [6.45, 7) is 18.7. The Labute approximate surface area is 125 Å². The molecule has 0 aromatic rings. The second-order valence-electron chi connectivity index (χ2n) is 7.43. The lowest BCUT2D eigenvalue weighted by Gasteiger charge is -2.46. The Morgan fingerprint density at radius 1 is 1.40 bits per heavy atom. The largest absolute Gasteiger partial charge is 0.401 e. The minimum Gasteiger partial charge on any atom is -0.401 e. The van der Waals surface area contributed by atoms with Crippen molar-refractivity contribution in [3.8, 4) is 0 Å². The van der Waals surface area contributed by atoms with Crippen LogP contribution < -0.4 is 0 Å². The fraction of sp³-hybridized carbons (Fsp3) is 0.706. The van der Waals surface area contributed by atoms with Gasteiger partial charge in [-0.2, -0.15) is 0 Å². The summed E-state index contributed by atoms with van der Waals surface area (Å²) in [5.41, 5.74) is -0.769. The molecule has 2 nitrogen and oxygen atoms in total. The van der Waals surface area contributed by atoms with Gasteiger partial charge in [0.05, 0.1) is 0 Å². The monoisotopic (exact) mass is 294 g/mol. The molecule has 3 heteroatoms. The lowest BCUT2D eigenvalue weighted by Crippen LogP contribution is -2.55. The number of Topliss-reactive ketones (excluding diaryl/α,β-unsaturated/α-hetero) is 1. The van der Waals surface area contributed by atoms with Gasteiger partial charge >= 0.3 is 0 Å². The molecule has 1 aliphatic carbocycles. The van der Waals surface area contributed by atoms with Crippen LogP contribution in [0, 0.1) is 5.92 Å². The van der Waals surface area contributed by atoms with Crippen molar-refractivity contribution >= 4 is 14.1 Å². The third kappa shape index (κ3) is 3.32. The first-order chi connectivity index (χ1) is 9.09. The Morgan fingerprint density at radius 3 is 2.45 bits per heavy atom. The molecule has 0 amide bonds. The highest BCUT2D eigenvalue weighted by atomic mass is 28.4. The molecular formula is C17H30O2Si. The zero-order valence-electron chi connectivity index (χ0n) is 13.8. The van der Waals surface area contributed by atoms with Gasteiger partial charge in [-0.1, -0.05) is 39.5 Å². The van der Waals surface area contributed by atoms with Gasteiger partial charge in [0.15, 0.2) is 14.1 Å². The van der Waals surface area contributed by atoms with E-state index in [-0.39, 0.29) is 16.7 Å². The Morgan fingerprint density at radius 2 is 2.00 bits per heavy atom. The zero-order chi connectivity index (χ0) is 15.6. The topological polar surface area (TPSA) is 26.3 Å². The lowest BCUT2D eigenvalue weighted by molar-refractivity contribution is -0.139. The number of carbonyl (C=O) groups is 1. The third-order valence-corrected chi connectivity index (χ3v) is 9.40. The minimum absolute atomic E-state index is 0.0454. The molecule has 0 unspecified atom stereocenters. The van der Waals surface area contributed by atoms with E-state index in [1.165, 1.54) is 0 Å². The molecule has 0 aliphatic heterocycles. The number of allylic oxidation sites excluding steroid dienone is 1. The smallest absolute Gasteiger partial charge is 0.193 e. The van der Waals surface area contributed by atoms with Gasteiger partial charge in [-0.15, -0.1) is 6.58 Å². The van der Waals surface area contributed by atoms with Gasteiger partial charge in [-0.3, -0.25) is 4.79 Å². The van der Waals surface area contributed by atoms with E-state index in [2.05, 4.69) is 47.0 Å². The lowest BCUT2D eigenvalue weighted by atomic mass is 9.75. The average molecular weight is 295 g/mol. The van der Waals surface area contributed by atoms with Crippen LogP contribution in [-0.2, 0) is 9.22 Å². The molecule has 0 aromatic heterocycles. The first kappa shape index (κ1) is 17.4. The Balaban J connectivity index is 3.05. The van der Waals surface area contributed by atoms with E-state index >= 15 is 0 Å². The normalized spacial score (nSPS) is 28.2. The maximum absolute atomic E-state index is 12.9. The van der Waals surface area contributed by atoms with Crippen molar-refractivity contribution in [2.24, 2.45) is 5.92 Å². The first-order valence-electron chi connectivity index (χ1n) is 7.58. The van der Waals surface area contributed by atoms with Crippen LogP contribution >= 0.6 is 0 Å². The molecule has 1 saturated carbocycles. The fourth-order valence-electron chi connectivity index (χ4n) is 2.59. The molecule has 0 saturated heterocycles. The Bertz CT molecular complexity index is 392. The van der Waals surface area contributed by atoms with E-state index in [4.69, 9.17) is 4.43 Å². The number of hydrogen-bond donors (Lipinski definition) is 0. The number of rotatable bonds is 5. The van der Waals surface area contributed by atoms with E-state index in [0.717, 1.165) is 25.7 Å². The summed E-state index contributed by atoms with van der Waals surface area (Å²) in [5.74, 6) is 0.257. The van der Waals surface area contributed by atoms with Crippen molar-refractivity contribution < 1.29 is 9.22 Å². The van der Waals surface area contributed by atoms with Crippen LogP contribution in [-0.4, -0.2) is 19.7 Å². The molecule has 0 N–H and O–H groups in total. The number of carbonyl (C=O) groups excluding carboxylic acids is 1. The SMILES string of the molecule is C=CC[C@@H]1CCC[C@@](C=C)(O[Si](C)(C)C(C)(C)C)C1=O. The predicted molar refractivity (Wildman–Crippen MR) is 88.4 cm³/mol. The van der Waals surface area contributed by atoms with E-state index in [1.807, 2.05) is 6.08 Å². The molecule has 0 bridgehead atoms. The predicted octanol–water partition coefficient (Wildman–Crippen LogP) is 4.88. The van der Waals surface area contributed by atoms with Crippen LogP contribution in [0.3, 0.4) is 0 Å². The molecule has 1 rings (SSSR count). The van der Waals surface area contributed by atoms with Crippen molar-refractivity contribution in [1.82, 2.24) is 0 Å². The van der Waals surface area contributed by atoms with Crippen LogP contribution in [0.1, 0.15) is 46.5 Å². The van der Waals surface area contributed by atoms with Gasteiger partial charge in [0.25, 0.3) is 0 Å². The van der Waals surface area contributed by atoms with Crippen LogP contribution in [0.5, 0.6) is 0 Å². The highest BCUT2D eigenvalue weighted by Gasteiger charge is 2.49. The van der Waals surface area contributed by atoms with Crippen LogP contribution in [0.2, 0.25) is 18.1 Å². The quantitative estimate of drug-likeness (QED) is 0.533. The average Bonchev–Trinajstić information content (AvgIpc) is 2.33. The summed E-state index contributed by atoms with van der Waals surface area (Å²) in [4.78, 5) is 12.9. The summed E-state index contributed by atoms with van der Waals surface area (Å²) >= 11 is 0. The van der Waals surface area contributed by atoms with Crippen molar-refractivity contribution in [3.63, 3.8) is 0 Å². The minimum atomic E-state index is -2.00. The molecular weight excluding hydrogens is 264 g/mol. The summed E-state index contributed by atoms with van der Waals surface area (Å²) in [5, 5.41) is 0.0919. The number of ketones is 1. The summed E-state index contributed by atoms with van der Waals surface area (Å²) in [7, 11) is -2.00. The molecule has 114 valence electrons. The highest BCUT2D eigenvalue weighted by Crippen LogP contribution is 2.43. The van der Waals surface area contributed by atoms with E-state index in [9.17, 15) is 4.79 Å². The Hall–Kier alpha value is -0.673. The summed E-state index contributed by atoms with van der Waals surface area (Å²) in [6, 6.07) is 0. The second-order valence-corrected chi connectivity index (χ2v) is 12.2. The molecule has 0 heterocycles. The van der Waals surface area contributed by atoms with E-state index in [0.29, 0.717) is 0 Å². The maximum Gasteiger partial charge on any atom is 0.193 e. The molecule has 2 atom stereocenters. The standard InChI is InChI=1S/C17H30O2Si/c1-8-11-14-12-10-13-17(9-2,15(14)18)19-20(6,7)16(3,4)5/h8-9,14H,1-2,10-13H2,3-7H3/t14-,17-/m1/s1. The maximum atomic E-state index is 12.9. The molecule has 1 fully saturated rings. The van der Waals surface area contributed by atoms with Gasteiger partial charge in [-0.25, -0.2) is 0 Å². The van der Waals surface area contributed by atoms with Crippen molar-refractivity contribution in [2.75, 3.05) is 0 Å². The van der Waals surface area contributed by atoms with Gasteiger partial charge in [-0.05, 0) is 43.8 Å². The zero-order valence-corrected chi connectivity index (χ0v) is 14.8. The number of hydrogen-bond acceptors (Lipinski definition) is 2. The van der Waals surface area contributed by atoms with Gasteiger partial charge in [0.2, 0.25) is 0 Å². The van der Waals surface area contributed by atoms with Crippen LogP contribution in [0.15, 0.2) is 25.3 Å². The molecule has 0 aromatic carbocycles. The Kier molecular flexibility index (Phi) is 5.20. The van der Waals surface area contributed by atoms with E-state index in [1.54, 1.807) is 6.08 Å². The van der Waals surface area contributed by atoms with E-state index < -0.39 is 13.9 Å².